The number of pyridine rings is 1. The van der Waals surface area contributed by atoms with E-state index in [1.54, 1.807) is 24.3 Å². The first kappa shape index (κ1) is 52.5. The molecule has 1 heterocycles. The Labute approximate surface area is 375 Å². The van der Waals surface area contributed by atoms with Crippen LogP contribution in [0.15, 0.2) is 65.7 Å². The fourth-order valence-electron chi connectivity index (χ4n) is 6.33. The first-order chi connectivity index (χ1) is 29.8. The lowest BCUT2D eigenvalue weighted by Gasteiger charge is -2.35. The summed E-state index contributed by atoms with van der Waals surface area (Å²) in [4.78, 5) is 52.7. The second-order valence-electron chi connectivity index (χ2n) is 17.2. The van der Waals surface area contributed by atoms with Gasteiger partial charge in [0.15, 0.2) is 0 Å². The maximum atomic E-state index is 14.8. The molecule has 2 aromatic carbocycles. The molecule has 17 heteroatoms. The predicted molar refractivity (Wildman–Crippen MR) is 238 cm³/mol. The third kappa shape index (κ3) is 22.4. The maximum Gasteiger partial charge on any atom is 0.329 e. The van der Waals surface area contributed by atoms with Crippen molar-refractivity contribution in [2.24, 2.45) is 10.8 Å². The molecule has 0 atom stereocenters. The Balaban J connectivity index is 1.28. The van der Waals surface area contributed by atoms with E-state index in [2.05, 4.69) is 34.2 Å². The van der Waals surface area contributed by atoms with Gasteiger partial charge in [0.2, 0.25) is 5.91 Å². The van der Waals surface area contributed by atoms with E-state index in [1.165, 1.54) is 24.2 Å². The summed E-state index contributed by atoms with van der Waals surface area (Å²) in [6, 6.07) is 15.6. The van der Waals surface area contributed by atoms with Gasteiger partial charge in [0.25, 0.3) is 5.91 Å². The minimum atomic E-state index is -1.05. The summed E-state index contributed by atoms with van der Waals surface area (Å²) < 4.78 is 50.4. The van der Waals surface area contributed by atoms with Gasteiger partial charge in [-0.25, -0.2) is 14.2 Å². The van der Waals surface area contributed by atoms with Gasteiger partial charge < -0.3 is 48.9 Å². The number of aliphatic carboxylic acids is 1. The highest BCUT2D eigenvalue weighted by Gasteiger charge is 2.37. The van der Waals surface area contributed by atoms with Gasteiger partial charge in [-0.2, -0.15) is 0 Å². The Bertz CT molecular complexity index is 1870. The summed E-state index contributed by atoms with van der Waals surface area (Å²) in [5.41, 5.74) is -0.234. The van der Waals surface area contributed by atoms with Gasteiger partial charge in [-0.3, -0.25) is 14.4 Å². The third-order valence-corrected chi connectivity index (χ3v) is 9.92. The molecule has 4 N–H and O–H groups in total. The van der Waals surface area contributed by atoms with Crippen LogP contribution in [0.4, 0.5) is 10.2 Å². The van der Waals surface area contributed by atoms with Crippen molar-refractivity contribution in [2.45, 2.75) is 91.1 Å². The summed E-state index contributed by atoms with van der Waals surface area (Å²) in [6.07, 6.45) is 5.34. The van der Waals surface area contributed by atoms with Crippen molar-refractivity contribution in [3.63, 3.8) is 0 Å². The average molecular weight is 901 g/mol. The number of benzene rings is 2. The molecule has 0 saturated carbocycles. The molecule has 0 fully saturated rings. The Morgan fingerprint density at radius 3 is 2.02 bits per heavy atom. The molecule has 15 nitrogen and oxygen atoms in total. The first-order valence-corrected chi connectivity index (χ1v) is 21.9. The Morgan fingerprint density at radius 2 is 1.38 bits per heavy atom. The summed E-state index contributed by atoms with van der Waals surface area (Å²) in [6.45, 7) is 15.2. The molecule has 2 amide bonds. The van der Waals surface area contributed by atoms with Crippen LogP contribution < -0.4 is 20.1 Å². The third-order valence-electron chi connectivity index (χ3n) is 9.10. The Hall–Kier alpha value is -4.81. The molecule has 0 radical (unpaired) electrons. The molecule has 0 aliphatic carbocycles. The lowest BCUT2D eigenvalue weighted by atomic mass is 9.72. The van der Waals surface area contributed by atoms with Crippen LogP contribution in [0.25, 0.3) is 0 Å². The molecule has 348 valence electrons. The van der Waals surface area contributed by atoms with Gasteiger partial charge in [-0.1, -0.05) is 20.3 Å². The summed E-state index contributed by atoms with van der Waals surface area (Å²) in [5.74, 6) is -0.379. The number of amides is 2. The van der Waals surface area contributed by atoms with E-state index in [9.17, 15) is 23.6 Å². The fraction of sp³-hybridized carbons (Fsp3) is 0.543. The minimum Gasteiger partial charge on any atom is -0.480 e. The lowest BCUT2D eigenvalue weighted by molar-refractivity contribution is -0.167. The van der Waals surface area contributed by atoms with Crippen LogP contribution in [-0.4, -0.2) is 105 Å². The number of nitrogens with zero attached hydrogens (tertiary/aromatic N) is 1. The van der Waals surface area contributed by atoms with Crippen LogP contribution in [0.3, 0.4) is 0 Å². The zero-order valence-electron chi connectivity index (χ0n) is 37.6. The van der Waals surface area contributed by atoms with Gasteiger partial charge >= 0.3 is 11.9 Å². The number of nitrogens with one attached hydrogen (secondary N) is 3. The Kier molecular flexibility index (Phi) is 22.3. The molecule has 0 saturated heterocycles. The van der Waals surface area contributed by atoms with E-state index in [-0.39, 0.29) is 95.0 Å². The minimum absolute atomic E-state index is 0.0856. The van der Waals surface area contributed by atoms with Gasteiger partial charge in [-0.15, -0.1) is 0 Å². The standard InChI is InChI=1S/C46H65FN4O11S/c1-44(2,3)62-43(56)46(6,7)32-45(4,5)19-9-8-10-33-28-36(14-17-38(33)47)61-35-12-15-37(16-13-35)63-51-39-18-11-34(29-50-39)42(55)49-21-23-58-24-26-59-30-40(52)48-20-22-57-25-27-60-31-41(53)54/h11-18,28-29H,8-10,19-27,30-32H2,1-7H3,(H,48,52)(H,49,55)(H,50,51)(H,53,54). The van der Waals surface area contributed by atoms with Crippen LogP contribution in [0.1, 0.15) is 90.1 Å². The zero-order valence-corrected chi connectivity index (χ0v) is 38.5. The highest BCUT2D eigenvalue weighted by Crippen LogP contribution is 2.39. The largest absolute Gasteiger partial charge is 0.480 e. The fourth-order valence-corrected chi connectivity index (χ4v) is 6.94. The van der Waals surface area contributed by atoms with Crippen molar-refractivity contribution in [3.05, 3.63) is 77.7 Å². The molecule has 0 bridgehead atoms. The number of aromatic nitrogens is 1. The number of anilines is 1. The zero-order chi connectivity index (χ0) is 46.3. The number of ether oxygens (including phenoxy) is 6. The number of carbonyl (C=O) groups excluding carboxylic acids is 3. The quantitative estimate of drug-likeness (QED) is 0.0290. The van der Waals surface area contributed by atoms with Crippen LogP contribution in [0.2, 0.25) is 0 Å². The summed E-state index contributed by atoms with van der Waals surface area (Å²) in [7, 11) is 0. The number of halogens is 1. The predicted octanol–water partition coefficient (Wildman–Crippen LogP) is 7.63. The number of carboxylic acid groups (broad SMARTS) is 1. The second kappa shape index (κ2) is 26.7. The molecule has 0 spiro atoms. The highest BCUT2D eigenvalue weighted by molar-refractivity contribution is 8.00. The number of carbonyl (C=O) groups is 4. The normalized spacial score (nSPS) is 11.8. The molecular formula is C46H65FN4O11S. The molecule has 63 heavy (non-hydrogen) atoms. The van der Waals surface area contributed by atoms with Crippen LogP contribution in [0.5, 0.6) is 11.5 Å². The SMILES string of the molecule is CC(C)(CCCCc1cc(Oc2ccc(SNc3ccc(C(=O)NCCOCCOCC(=O)NCCOCCOCC(=O)O)cn3)cc2)ccc1F)CC(C)(C)C(=O)OC(C)(C)C. The number of aryl methyl sites for hydroxylation is 1. The molecular weight excluding hydrogens is 836 g/mol. The maximum absolute atomic E-state index is 14.8. The number of rotatable bonds is 30. The number of hydrogen-bond acceptors (Lipinski definition) is 13. The number of esters is 1. The van der Waals surface area contributed by atoms with Gasteiger partial charge in [0.05, 0.1) is 50.6 Å². The summed E-state index contributed by atoms with van der Waals surface area (Å²) >= 11 is 1.35. The molecule has 3 aromatic rings. The van der Waals surface area contributed by atoms with E-state index in [1.807, 2.05) is 58.9 Å². The monoisotopic (exact) mass is 900 g/mol. The lowest BCUT2D eigenvalue weighted by Crippen LogP contribution is -2.36. The van der Waals surface area contributed by atoms with Crippen LogP contribution in [0, 0.1) is 16.6 Å². The van der Waals surface area contributed by atoms with Crippen molar-refractivity contribution in [2.75, 3.05) is 70.7 Å². The van der Waals surface area contributed by atoms with Gasteiger partial charge in [0.1, 0.15) is 41.9 Å². The number of carboxylic acids is 1. The molecule has 0 unspecified atom stereocenters. The molecule has 0 aliphatic rings. The van der Waals surface area contributed by atoms with Crippen molar-refractivity contribution in [1.82, 2.24) is 15.6 Å². The highest BCUT2D eigenvalue weighted by atomic mass is 32.2. The van der Waals surface area contributed by atoms with Gasteiger partial charge in [0, 0.05) is 24.2 Å². The number of unbranched alkanes of at least 4 members (excludes halogenated alkanes) is 1. The number of hydrogen-bond donors (Lipinski definition) is 4. The van der Waals surface area contributed by atoms with E-state index in [4.69, 9.17) is 33.5 Å². The van der Waals surface area contributed by atoms with Crippen molar-refractivity contribution in [1.29, 1.82) is 0 Å². The van der Waals surface area contributed by atoms with E-state index < -0.39 is 17.0 Å². The first-order valence-electron chi connectivity index (χ1n) is 21.1. The topological polar surface area (TPSA) is 193 Å². The summed E-state index contributed by atoms with van der Waals surface area (Å²) in [5, 5.41) is 13.9. The van der Waals surface area contributed by atoms with E-state index in [0.717, 1.165) is 24.2 Å². The van der Waals surface area contributed by atoms with Crippen LogP contribution in [-0.2, 0) is 44.5 Å². The molecule has 0 aliphatic heterocycles. The van der Waals surface area contributed by atoms with Crippen molar-refractivity contribution in [3.8, 4) is 11.5 Å². The average Bonchev–Trinajstić information content (AvgIpc) is 3.21. The van der Waals surface area contributed by atoms with Crippen molar-refractivity contribution < 1.29 is 57.1 Å². The Morgan fingerprint density at radius 1 is 0.746 bits per heavy atom. The van der Waals surface area contributed by atoms with E-state index in [0.29, 0.717) is 41.3 Å². The van der Waals surface area contributed by atoms with Crippen LogP contribution >= 0.6 is 11.9 Å². The molecule has 3 rings (SSSR count). The smallest absolute Gasteiger partial charge is 0.329 e. The van der Waals surface area contributed by atoms with Crippen molar-refractivity contribution >= 4 is 41.5 Å². The molecule has 1 aromatic heterocycles. The second-order valence-corrected chi connectivity index (χ2v) is 18.1. The van der Waals surface area contributed by atoms with Gasteiger partial charge in [-0.05, 0) is 138 Å². The van der Waals surface area contributed by atoms with E-state index >= 15 is 0 Å².